The number of halogens is 1. The molecule has 1 aromatic carbocycles. The van der Waals surface area contributed by atoms with Crippen molar-refractivity contribution in [3.63, 3.8) is 0 Å². The average Bonchev–Trinajstić information content (AvgIpc) is 2.76. The molecule has 1 atom stereocenters. The van der Waals surface area contributed by atoms with Gasteiger partial charge < -0.3 is 34.7 Å². The lowest BCUT2D eigenvalue weighted by atomic mass is 9.91. The van der Waals surface area contributed by atoms with Crippen molar-refractivity contribution in [2.75, 3.05) is 38.0 Å². The third kappa shape index (κ3) is 4.30. The van der Waals surface area contributed by atoms with Gasteiger partial charge in [0, 0.05) is 17.0 Å². The molecule has 174 valence electrons. The van der Waals surface area contributed by atoms with E-state index in [9.17, 15) is 0 Å². The topological polar surface area (TPSA) is 110 Å². The van der Waals surface area contributed by atoms with Gasteiger partial charge in [-0.25, -0.2) is 4.98 Å². The van der Waals surface area contributed by atoms with Crippen LogP contribution in [0.5, 0.6) is 17.2 Å². The molecule has 1 aromatic heterocycles. The number of aromatic nitrogens is 2. The van der Waals surface area contributed by atoms with Crippen molar-refractivity contribution in [2.45, 2.75) is 45.6 Å². The van der Waals surface area contributed by atoms with Crippen LogP contribution >= 0.6 is 11.6 Å². The molecule has 0 aliphatic carbocycles. The van der Waals surface area contributed by atoms with Gasteiger partial charge in [-0.3, -0.25) is 0 Å². The summed E-state index contributed by atoms with van der Waals surface area (Å²) in [5, 5.41) is 3.59. The molecule has 0 spiro atoms. The second kappa shape index (κ2) is 8.55. The van der Waals surface area contributed by atoms with Gasteiger partial charge in [0.1, 0.15) is 17.5 Å². The lowest BCUT2D eigenvalue weighted by Crippen LogP contribution is -2.64. The molecule has 3 saturated heterocycles. The van der Waals surface area contributed by atoms with Crippen LogP contribution in [0.25, 0.3) is 0 Å². The van der Waals surface area contributed by atoms with Crippen LogP contribution in [0.3, 0.4) is 0 Å². The lowest BCUT2D eigenvalue weighted by Gasteiger charge is -2.52. The maximum atomic E-state index is 6.29. The van der Waals surface area contributed by atoms with Gasteiger partial charge in [0.25, 0.3) is 0 Å². The number of nitrogens with two attached hydrogens (primary N) is 1. The molecule has 3 aliphatic heterocycles. The van der Waals surface area contributed by atoms with Gasteiger partial charge in [-0.15, -0.1) is 0 Å². The van der Waals surface area contributed by atoms with Gasteiger partial charge in [0.2, 0.25) is 5.95 Å². The van der Waals surface area contributed by atoms with Crippen molar-refractivity contribution < 1.29 is 23.7 Å². The summed E-state index contributed by atoms with van der Waals surface area (Å²) in [5.74, 6) is 0.956. The number of benzene rings is 1. The number of nitrogens with one attached hydrogen (secondary N) is 1. The van der Waals surface area contributed by atoms with Crippen LogP contribution in [0.4, 0.5) is 11.8 Å². The second-order valence-electron chi connectivity index (χ2n) is 8.87. The first-order chi connectivity index (χ1) is 15.1. The van der Waals surface area contributed by atoms with Crippen LogP contribution < -0.4 is 20.5 Å². The fourth-order valence-corrected chi connectivity index (χ4v) is 3.86. The molecule has 0 saturated carbocycles. The molecule has 0 amide bonds. The summed E-state index contributed by atoms with van der Waals surface area (Å²) in [4.78, 5) is 8.67. The molecule has 3 N–H and O–H groups in total. The monoisotopic (exact) mass is 464 g/mol. The third-order valence-electron chi connectivity index (χ3n) is 5.65. The van der Waals surface area contributed by atoms with Crippen molar-refractivity contribution in [1.29, 1.82) is 0 Å². The molecular formula is C22H29ClN4O5. The van der Waals surface area contributed by atoms with Crippen LogP contribution in [-0.2, 0) is 14.2 Å². The molecule has 10 heteroatoms. The minimum absolute atomic E-state index is 0.111. The summed E-state index contributed by atoms with van der Waals surface area (Å²) in [6, 6.07) is 3.19. The zero-order valence-corrected chi connectivity index (χ0v) is 19.7. The van der Waals surface area contributed by atoms with Gasteiger partial charge in [-0.05, 0) is 18.9 Å². The number of anilines is 2. The highest BCUT2D eigenvalue weighted by Crippen LogP contribution is 2.41. The summed E-state index contributed by atoms with van der Waals surface area (Å²) in [6.45, 7) is 9.75. The molecule has 5 rings (SSSR count). The highest BCUT2D eigenvalue weighted by Gasteiger charge is 2.53. The Kier molecular flexibility index (Phi) is 6.10. The summed E-state index contributed by atoms with van der Waals surface area (Å²) >= 11 is 6.29. The first-order valence-corrected chi connectivity index (χ1v) is 10.9. The van der Waals surface area contributed by atoms with E-state index in [4.69, 9.17) is 41.0 Å². The van der Waals surface area contributed by atoms with E-state index in [1.807, 2.05) is 13.0 Å². The Morgan fingerprint density at radius 2 is 1.75 bits per heavy atom. The van der Waals surface area contributed by atoms with Gasteiger partial charge in [-0.2, -0.15) is 4.98 Å². The minimum Gasteiger partial charge on any atom is -0.495 e. The van der Waals surface area contributed by atoms with Crippen LogP contribution in [0, 0.1) is 5.41 Å². The summed E-state index contributed by atoms with van der Waals surface area (Å²) in [5.41, 5.74) is 6.98. The van der Waals surface area contributed by atoms with E-state index in [2.05, 4.69) is 36.1 Å². The van der Waals surface area contributed by atoms with Crippen LogP contribution in [-0.4, -0.2) is 48.9 Å². The number of fused-ring (bicyclic) bond motifs is 3. The maximum absolute atomic E-state index is 6.29. The summed E-state index contributed by atoms with van der Waals surface area (Å²) in [6.07, 6.45) is 1.51. The first-order valence-electron chi connectivity index (χ1n) is 10.5. The van der Waals surface area contributed by atoms with Gasteiger partial charge >= 0.3 is 5.97 Å². The molecule has 3 aliphatic rings. The Balaban J connectivity index is 1.50. The van der Waals surface area contributed by atoms with Gasteiger partial charge in [0.15, 0.2) is 11.6 Å². The second-order valence-corrected chi connectivity index (χ2v) is 9.28. The van der Waals surface area contributed by atoms with E-state index in [1.54, 1.807) is 13.2 Å². The Bertz CT molecular complexity index is 978. The van der Waals surface area contributed by atoms with Crippen LogP contribution in [0.2, 0.25) is 5.02 Å². The van der Waals surface area contributed by atoms with E-state index in [1.165, 1.54) is 6.20 Å². The van der Waals surface area contributed by atoms with Crippen LogP contribution in [0.15, 0.2) is 18.3 Å². The van der Waals surface area contributed by atoms with Crippen molar-refractivity contribution >= 4 is 23.4 Å². The number of nitrogens with zero attached hydrogens (tertiary/aromatic N) is 2. The molecule has 2 aromatic rings. The minimum atomic E-state index is -1.17. The number of hydrogen-bond donors (Lipinski definition) is 2. The molecule has 0 radical (unpaired) electrons. The number of ether oxygens (including phenoxy) is 5. The Morgan fingerprint density at radius 3 is 2.31 bits per heavy atom. The van der Waals surface area contributed by atoms with E-state index in [0.717, 1.165) is 5.56 Å². The zero-order valence-electron chi connectivity index (χ0n) is 18.9. The highest BCUT2D eigenvalue weighted by molar-refractivity contribution is 6.32. The predicted molar refractivity (Wildman–Crippen MR) is 120 cm³/mol. The standard InChI is InChI=1S/C22H29ClN4O5/c1-12(2)14-6-17(28-5)15(23)7-16(14)32-18-8-25-20(27-19(18)24)26-13(3)22-29-9-21(4,10-30-22)11-31-22/h6-8,12-13H,9-11H2,1-5H3,(H3,24,25,26,27)/t13-,21?,22?/m0/s1. The molecule has 32 heavy (non-hydrogen) atoms. The molecule has 2 bridgehead atoms. The number of rotatable bonds is 7. The molecular weight excluding hydrogens is 436 g/mol. The first kappa shape index (κ1) is 22.8. The Hall–Kier alpha value is -2.33. The largest absolute Gasteiger partial charge is 0.495 e. The summed E-state index contributed by atoms with van der Waals surface area (Å²) in [7, 11) is 1.57. The molecule has 3 fully saturated rings. The highest BCUT2D eigenvalue weighted by atomic mass is 35.5. The quantitative estimate of drug-likeness (QED) is 0.623. The fraction of sp³-hybridized carbons (Fsp3) is 0.545. The van der Waals surface area contributed by atoms with Crippen molar-refractivity contribution in [3.05, 3.63) is 28.9 Å². The predicted octanol–water partition coefficient (Wildman–Crippen LogP) is 4.17. The Labute approximate surface area is 192 Å². The molecule has 0 unspecified atom stereocenters. The average molecular weight is 465 g/mol. The number of hydrogen-bond acceptors (Lipinski definition) is 9. The van der Waals surface area contributed by atoms with Gasteiger partial charge in [-0.1, -0.05) is 32.4 Å². The third-order valence-corrected chi connectivity index (χ3v) is 5.95. The van der Waals surface area contributed by atoms with Gasteiger partial charge in [0.05, 0.1) is 38.1 Å². The maximum Gasteiger partial charge on any atom is 0.304 e. The summed E-state index contributed by atoms with van der Waals surface area (Å²) < 4.78 is 28.9. The normalized spacial score (nSPS) is 25.6. The van der Waals surface area contributed by atoms with Crippen molar-refractivity contribution in [1.82, 2.24) is 9.97 Å². The molecule has 4 heterocycles. The SMILES string of the molecule is COc1cc(C(C)C)c(Oc2cnc(N[C@@H](C)C34OCC(C)(CO3)CO4)nc2N)cc1Cl. The van der Waals surface area contributed by atoms with Crippen molar-refractivity contribution in [2.24, 2.45) is 5.41 Å². The lowest BCUT2D eigenvalue weighted by molar-refractivity contribution is -0.468. The number of methoxy groups -OCH3 is 1. The Morgan fingerprint density at radius 1 is 1.09 bits per heavy atom. The number of nitrogen functional groups attached to an aromatic ring is 1. The van der Waals surface area contributed by atoms with E-state index in [-0.39, 0.29) is 23.2 Å². The van der Waals surface area contributed by atoms with Crippen molar-refractivity contribution in [3.8, 4) is 17.2 Å². The van der Waals surface area contributed by atoms with E-state index >= 15 is 0 Å². The molecule has 9 nitrogen and oxygen atoms in total. The van der Waals surface area contributed by atoms with E-state index in [0.29, 0.717) is 48.0 Å². The fourth-order valence-electron chi connectivity index (χ4n) is 3.63. The zero-order chi connectivity index (χ0) is 23.1. The van der Waals surface area contributed by atoms with Crippen LogP contribution in [0.1, 0.15) is 39.2 Å². The smallest absolute Gasteiger partial charge is 0.304 e. The van der Waals surface area contributed by atoms with E-state index < -0.39 is 5.97 Å².